The fourth-order valence-electron chi connectivity index (χ4n) is 2.83. The van der Waals surface area contributed by atoms with Crippen LogP contribution >= 0.6 is 0 Å². The highest BCUT2D eigenvalue weighted by Gasteiger charge is 2.53. The second kappa shape index (κ2) is 4.80. The van der Waals surface area contributed by atoms with Crippen LogP contribution in [0, 0.1) is 12.8 Å². The van der Waals surface area contributed by atoms with Crippen molar-refractivity contribution >= 4 is 10.0 Å². The second-order valence-corrected chi connectivity index (χ2v) is 8.71. The third kappa shape index (κ3) is 2.48. The summed E-state index contributed by atoms with van der Waals surface area (Å²) in [6, 6.07) is 0. The molecule has 0 spiro atoms. The Hall–Kier alpha value is -0.950. The Morgan fingerprint density at radius 1 is 1.45 bits per heavy atom. The van der Waals surface area contributed by atoms with Crippen molar-refractivity contribution in [1.82, 2.24) is 14.4 Å². The Morgan fingerprint density at radius 3 is 2.80 bits per heavy atom. The molecule has 1 aliphatic carbocycles. The third-order valence-electron chi connectivity index (χ3n) is 4.43. The first kappa shape index (κ1) is 14.0. The van der Waals surface area contributed by atoms with E-state index in [1.807, 2.05) is 6.92 Å². The fourth-order valence-corrected chi connectivity index (χ4v) is 4.85. The second-order valence-electron chi connectivity index (χ2n) is 6.26. The van der Waals surface area contributed by atoms with Crippen LogP contribution in [0.3, 0.4) is 0 Å². The molecule has 3 rings (SSSR count). The standard InChI is InChI=1S/C13H21N3O3S/c1-10-14-12(19-15-10)8-11-4-3-7-16(9-11)20(17,18)13(2)5-6-13/h11H,3-9H2,1-2H3. The first-order valence-electron chi connectivity index (χ1n) is 7.20. The van der Waals surface area contributed by atoms with Crippen LogP contribution in [0.5, 0.6) is 0 Å². The Labute approximate surface area is 119 Å². The normalized spacial score (nSPS) is 26.6. The summed E-state index contributed by atoms with van der Waals surface area (Å²) in [5, 5.41) is 3.78. The van der Waals surface area contributed by atoms with Gasteiger partial charge in [0.25, 0.3) is 0 Å². The molecule has 0 radical (unpaired) electrons. The van der Waals surface area contributed by atoms with E-state index >= 15 is 0 Å². The first-order valence-corrected chi connectivity index (χ1v) is 8.64. The van der Waals surface area contributed by atoms with E-state index in [9.17, 15) is 8.42 Å². The van der Waals surface area contributed by atoms with E-state index in [1.165, 1.54) is 0 Å². The molecule has 112 valence electrons. The Morgan fingerprint density at radius 2 is 2.20 bits per heavy atom. The molecule has 1 saturated carbocycles. The number of piperidine rings is 1. The monoisotopic (exact) mass is 299 g/mol. The maximum Gasteiger partial charge on any atom is 0.226 e. The quantitative estimate of drug-likeness (QED) is 0.842. The average molecular weight is 299 g/mol. The summed E-state index contributed by atoms with van der Waals surface area (Å²) in [6.07, 6.45) is 4.18. The molecular weight excluding hydrogens is 278 g/mol. The minimum absolute atomic E-state index is 0.278. The molecule has 1 unspecified atom stereocenters. The van der Waals surface area contributed by atoms with Gasteiger partial charge >= 0.3 is 0 Å². The zero-order valence-corrected chi connectivity index (χ0v) is 12.8. The van der Waals surface area contributed by atoms with Crippen LogP contribution < -0.4 is 0 Å². The third-order valence-corrected chi connectivity index (χ3v) is 7.10. The molecule has 2 aliphatic rings. The lowest BCUT2D eigenvalue weighted by Gasteiger charge is -2.33. The van der Waals surface area contributed by atoms with Crippen molar-refractivity contribution in [3.8, 4) is 0 Å². The van der Waals surface area contributed by atoms with Crippen molar-refractivity contribution in [3.63, 3.8) is 0 Å². The summed E-state index contributed by atoms with van der Waals surface area (Å²) in [6.45, 7) is 4.88. The zero-order valence-electron chi connectivity index (χ0n) is 12.0. The van der Waals surface area contributed by atoms with Crippen LogP contribution in [0.25, 0.3) is 0 Å². The van der Waals surface area contributed by atoms with Gasteiger partial charge in [-0.3, -0.25) is 0 Å². The minimum Gasteiger partial charge on any atom is -0.339 e. The molecule has 0 amide bonds. The van der Waals surface area contributed by atoms with E-state index in [2.05, 4.69) is 10.1 Å². The molecule has 0 N–H and O–H groups in total. The van der Waals surface area contributed by atoms with Crippen molar-refractivity contribution in [1.29, 1.82) is 0 Å². The van der Waals surface area contributed by atoms with Crippen LogP contribution in [0.2, 0.25) is 0 Å². The van der Waals surface area contributed by atoms with Crippen molar-refractivity contribution in [2.24, 2.45) is 5.92 Å². The van der Waals surface area contributed by atoms with Crippen LogP contribution in [0.4, 0.5) is 0 Å². The van der Waals surface area contributed by atoms with Gasteiger partial charge in [0, 0.05) is 19.5 Å². The molecule has 2 heterocycles. The van der Waals surface area contributed by atoms with Crippen molar-refractivity contribution in [3.05, 3.63) is 11.7 Å². The van der Waals surface area contributed by atoms with Gasteiger partial charge in [-0.05, 0) is 45.4 Å². The first-order chi connectivity index (χ1) is 9.41. The van der Waals surface area contributed by atoms with Gasteiger partial charge < -0.3 is 4.52 Å². The van der Waals surface area contributed by atoms with E-state index in [-0.39, 0.29) is 5.92 Å². The molecule has 1 saturated heterocycles. The number of nitrogens with zero attached hydrogens (tertiary/aromatic N) is 3. The van der Waals surface area contributed by atoms with Crippen LogP contribution in [-0.4, -0.2) is 40.7 Å². The van der Waals surface area contributed by atoms with Gasteiger partial charge in [0.05, 0.1) is 4.75 Å². The van der Waals surface area contributed by atoms with Gasteiger partial charge in [-0.1, -0.05) is 5.16 Å². The summed E-state index contributed by atoms with van der Waals surface area (Å²) in [5.74, 6) is 1.52. The Bertz CT molecular complexity index is 592. The highest BCUT2D eigenvalue weighted by Crippen LogP contribution is 2.45. The summed E-state index contributed by atoms with van der Waals surface area (Å²) in [5.41, 5.74) is 0. The van der Waals surface area contributed by atoms with Crippen LogP contribution in [0.1, 0.15) is 44.3 Å². The number of aryl methyl sites for hydroxylation is 1. The highest BCUT2D eigenvalue weighted by atomic mass is 32.2. The van der Waals surface area contributed by atoms with Crippen molar-refractivity contribution in [2.75, 3.05) is 13.1 Å². The Balaban J connectivity index is 1.68. The van der Waals surface area contributed by atoms with E-state index in [1.54, 1.807) is 11.2 Å². The van der Waals surface area contributed by atoms with Crippen LogP contribution in [0.15, 0.2) is 4.52 Å². The van der Waals surface area contributed by atoms with Crippen molar-refractivity contribution < 1.29 is 12.9 Å². The predicted octanol–water partition coefficient (Wildman–Crippen LogP) is 1.51. The summed E-state index contributed by atoms with van der Waals surface area (Å²) < 4.78 is 31.4. The number of hydrogen-bond donors (Lipinski definition) is 0. The van der Waals surface area contributed by atoms with Crippen LogP contribution in [-0.2, 0) is 16.4 Å². The van der Waals surface area contributed by atoms with Gasteiger partial charge in [0.15, 0.2) is 5.82 Å². The maximum atomic E-state index is 12.5. The molecule has 1 aromatic heterocycles. The molecule has 1 aliphatic heterocycles. The molecular formula is C13H21N3O3S. The zero-order chi connectivity index (χ0) is 14.4. The lowest BCUT2D eigenvalue weighted by Crippen LogP contribution is -2.45. The fraction of sp³-hybridized carbons (Fsp3) is 0.846. The van der Waals surface area contributed by atoms with Gasteiger partial charge in [-0.2, -0.15) is 4.98 Å². The number of sulfonamides is 1. The summed E-state index contributed by atoms with van der Waals surface area (Å²) in [4.78, 5) is 4.21. The predicted molar refractivity (Wildman–Crippen MR) is 73.6 cm³/mol. The molecule has 1 aromatic rings. The van der Waals surface area contributed by atoms with Gasteiger partial charge in [0.2, 0.25) is 15.9 Å². The molecule has 6 nitrogen and oxygen atoms in total. The number of aromatic nitrogens is 2. The van der Waals surface area contributed by atoms with Gasteiger partial charge in [-0.15, -0.1) is 0 Å². The maximum absolute atomic E-state index is 12.5. The van der Waals surface area contributed by atoms with E-state index < -0.39 is 14.8 Å². The summed E-state index contributed by atoms with van der Waals surface area (Å²) in [7, 11) is -3.14. The largest absolute Gasteiger partial charge is 0.339 e. The van der Waals surface area contributed by atoms with E-state index in [0.717, 1.165) is 25.7 Å². The SMILES string of the molecule is Cc1noc(CC2CCCN(S(=O)(=O)C3(C)CC3)C2)n1. The number of rotatable bonds is 4. The van der Waals surface area contributed by atoms with E-state index in [0.29, 0.717) is 31.2 Å². The molecule has 0 aromatic carbocycles. The molecule has 20 heavy (non-hydrogen) atoms. The minimum atomic E-state index is -3.14. The topological polar surface area (TPSA) is 76.3 Å². The van der Waals surface area contributed by atoms with E-state index in [4.69, 9.17) is 4.52 Å². The smallest absolute Gasteiger partial charge is 0.226 e. The molecule has 7 heteroatoms. The van der Waals surface area contributed by atoms with Gasteiger partial charge in [-0.25, -0.2) is 12.7 Å². The number of hydrogen-bond acceptors (Lipinski definition) is 5. The highest BCUT2D eigenvalue weighted by molar-refractivity contribution is 7.90. The average Bonchev–Trinajstić information content (AvgIpc) is 3.04. The molecule has 0 bridgehead atoms. The summed E-state index contributed by atoms with van der Waals surface area (Å²) >= 11 is 0. The molecule has 1 atom stereocenters. The van der Waals surface area contributed by atoms with Gasteiger partial charge in [0.1, 0.15) is 0 Å². The van der Waals surface area contributed by atoms with Crippen molar-refractivity contribution in [2.45, 2.75) is 50.7 Å². The lowest BCUT2D eigenvalue weighted by atomic mass is 9.96. The Kier molecular flexibility index (Phi) is 3.36. The molecule has 2 fully saturated rings. The lowest BCUT2D eigenvalue weighted by molar-refractivity contribution is 0.245.